The first-order chi connectivity index (χ1) is 13.6. The zero-order valence-corrected chi connectivity index (χ0v) is 15.1. The molecular formula is C20H19N5O3. The number of hydrogen-bond donors (Lipinski definition) is 2. The maximum absolute atomic E-state index is 12.7. The van der Waals surface area contributed by atoms with Crippen LogP contribution >= 0.6 is 0 Å². The third-order valence-electron chi connectivity index (χ3n) is 4.61. The van der Waals surface area contributed by atoms with Crippen molar-refractivity contribution in [2.24, 2.45) is 0 Å². The highest BCUT2D eigenvalue weighted by Gasteiger charge is 2.25. The van der Waals surface area contributed by atoms with Crippen LogP contribution in [0.15, 0.2) is 54.7 Å². The third-order valence-corrected chi connectivity index (χ3v) is 4.61. The van der Waals surface area contributed by atoms with E-state index in [0.717, 1.165) is 11.4 Å². The van der Waals surface area contributed by atoms with E-state index in [0.29, 0.717) is 31.9 Å². The quantitative estimate of drug-likeness (QED) is 0.719. The number of nitrogens with one attached hydrogen (secondary N) is 1. The summed E-state index contributed by atoms with van der Waals surface area (Å²) in [4.78, 5) is 30.9. The van der Waals surface area contributed by atoms with Crippen molar-refractivity contribution in [3.8, 4) is 5.75 Å². The Morgan fingerprint density at radius 1 is 1.11 bits per heavy atom. The number of para-hydroxylation sites is 1. The van der Waals surface area contributed by atoms with Crippen LogP contribution in [0.4, 0.5) is 0 Å². The van der Waals surface area contributed by atoms with Crippen LogP contribution in [-0.4, -0.2) is 43.1 Å². The molecule has 0 fully saturated rings. The number of hydrogen-bond acceptors (Lipinski definition) is 5. The summed E-state index contributed by atoms with van der Waals surface area (Å²) in [6.45, 7) is 1.59. The molecule has 1 aliphatic heterocycles. The van der Waals surface area contributed by atoms with Crippen LogP contribution in [0.2, 0.25) is 0 Å². The smallest absolute Gasteiger partial charge is 0.272 e. The molecule has 8 heteroatoms. The largest absolute Gasteiger partial charge is 0.507 e. The van der Waals surface area contributed by atoms with E-state index in [-0.39, 0.29) is 23.1 Å². The van der Waals surface area contributed by atoms with Gasteiger partial charge in [-0.05, 0) is 30.3 Å². The van der Waals surface area contributed by atoms with Crippen molar-refractivity contribution in [3.63, 3.8) is 0 Å². The second-order valence-corrected chi connectivity index (χ2v) is 6.49. The number of phenolic OH excluding ortho intramolecular Hbond substituents is 1. The van der Waals surface area contributed by atoms with Gasteiger partial charge >= 0.3 is 0 Å². The lowest BCUT2D eigenvalue weighted by Gasteiger charge is -2.27. The Bertz CT molecular complexity index is 1020. The second kappa shape index (κ2) is 7.51. The van der Waals surface area contributed by atoms with Crippen LogP contribution in [0.5, 0.6) is 5.75 Å². The van der Waals surface area contributed by atoms with Gasteiger partial charge < -0.3 is 15.3 Å². The summed E-state index contributed by atoms with van der Waals surface area (Å²) in [6.07, 6.45) is 1.67. The van der Waals surface area contributed by atoms with Crippen LogP contribution in [0.1, 0.15) is 32.2 Å². The van der Waals surface area contributed by atoms with Gasteiger partial charge in [-0.15, -0.1) is 0 Å². The van der Waals surface area contributed by atoms with Gasteiger partial charge in [0.25, 0.3) is 11.8 Å². The molecule has 2 N–H and O–H groups in total. The Hall–Kier alpha value is -3.68. The molecule has 1 aliphatic rings. The number of carbonyl (C=O) groups excluding carboxylic acids is 2. The average molecular weight is 377 g/mol. The maximum Gasteiger partial charge on any atom is 0.272 e. The first-order valence-electron chi connectivity index (χ1n) is 8.94. The number of benzene rings is 1. The van der Waals surface area contributed by atoms with Crippen molar-refractivity contribution < 1.29 is 14.7 Å². The molecule has 0 unspecified atom stereocenters. The molecule has 0 aliphatic carbocycles. The lowest BCUT2D eigenvalue weighted by molar-refractivity contribution is 0.0702. The molecule has 2 aromatic heterocycles. The molecule has 142 valence electrons. The standard InChI is InChI=1S/C20H19N5O3/c26-18-7-2-1-6-16(18)20(28)24-9-10-25-15(13-24)11-17(23-25)19(27)22-12-14-5-3-4-8-21-14/h1-8,11,26H,9-10,12-13H2,(H,22,27). The summed E-state index contributed by atoms with van der Waals surface area (Å²) < 4.78 is 1.74. The van der Waals surface area contributed by atoms with Gasteiger partial charge in [0, 0.05) is 12.7 Å². The molecule has 0 radical (unpaired) electrons. The van der Waals surface area contributed by atoms with E-state index in [1.165, 1.54) is 6.07 Å². The van der Waals surface area contributed by atoms with E-state index in [4.69, 9.17) is 0 Å². The second-order valence-electron chi connectivity index (χ2n) is 6.49. The molecule has 3 heterocycles. The molecule has 28 heavy (non-hydrogen) atoms. The first-order valence-corrected chi connectivity index (χ1v) is 8.94. The summed E-state index contributed by atoms with van der Waals surface area (Å²) in [6, 6.07) is 13.7. The lowest BCUT2D eigenvalue weighted by atomic mass is 10.1. The molecule has 0 saturated carbocycles. The van der Waals surface area contributed by atoms with Crippen molar-refractivity contribution in [1.29, 1.82) is 0 Å². The predicted molar refractivity (Wildman–Crippen MR) is 100 cm³/mol. The van der Waals surface area contributed by atoms with E-state index in [9.17, 15) is 14.7 Å². The molecule has 1 aromatic carbocycles. The van der Waals surface area contributed by atoms with Gasteiger partial charge in [-0.1, -0.05) is 18.2 Å². The normalized spacial score (nSPS) is 13.1. The van der Waals surface area contributed by atoms with Crippen LogP contribution in [0.3, 0.4) is 0 Å². The molecule has 8 nitrogen and oxygen atoms in total. The minimum atomic E-state index is -0.286. The van der Waals surface area contributed by atoms with Gasteiger partial charge in [-0.3, -0.25) is 19.3 Å². The summed E-state index contributed by atoms with van der Waals surface area (Å²) in [7, 11) is 0. The van der Waals surface area contributed by atoms with Crippen LogP contribution in [0.25, 0.3) is 0 Å². The number of amides is 2. The van der Waals surface area contributed by atoms with Crippen molar-refractivity contribution in [2.75, 3.05) is 6.54 Å². The Kier molecular flexibility index (Phi) is 4.76. The van der Waals surface area contributed by atoms with E-state index < -0.39 is 0 Å². The molecule has 0 saturated heterocycles. The first kappa shape index (κ1) is 17.7. The monoisotopic (exact) mass is 377 g/mol. The van der Waals surface area contributed by atoms with Gasteiger partial charge in [0.2, 0.25) is 0 Å². The number of aromatic hydroxyl groups is 1. The average Bonchev–Trinajstić information content (AvgIpc) is 3.16. The Labute approximate surface area is 161 Å². The Morgan fingerprint density at radius 2 is 1.93 bits per heavy atom. The summed E-state index contributed by atoms with van der Waals surface area (Å²) in [5, 5.41) is 17.1. The molecule has 0 spiro atoms. The molecule has 4 rings (SSSR count). The Balaban J connectivity index is 1.44. The highest BCUT2D eigenvalue weighted by atomic mass is 16.3. The highest BCUT2D eigenvalue weighted by molar-refractivity contribution is 5.97. The number of aromatic nitrogens is 3. The predicted octanol–water partition coefficient (Wildman–Crippen LogP) is 1.57. The molecule has 2 amide bonds. The number of fused-ring (bicyclic) bond motifs is 1. The Morgan fingerprint density at radius 3 is 2.71 bits per heavy atom. The fourth-order valence-electron chi connectivity index (χ4n) is 3.14. The maximum atomic E-state index is 12.7. The van der Waals surface area contributed by atoms with Crippen LogP contribution < -0.4 is 5.32 Å². The molecule has 0 atom stereocenters. The topological polar surface area (TPSA) is 100 Å². The summed E-state index contributed by atoms with van der Waals surface area (Å²) in [5.74, 6) is -0.570. The third kappa shape index (κ3) is 3.57. The number of phenols is 1. The fraction of sp³-hybridized carbons (Fsp3) is 0.200. The van der Waals surface area contributed by atoms with Crippen molar-refractivity contribution >= 4 is 11.8 Å². The number of nitrogens with zero attached hydrogens (tertiary/aromatic N) is 4. The van der Waals surface area contributed by atoms with Crippen LogP contribution in [0, 0.1) is 0 Å². The summed E-state index contributed by atoms with van der Waals surface area (Å²) >= 11 is 0. The molecule has 3 aromatic rings. The van der Waals surface area contributed by atoms with Crippen molar-refractivity contribution in [2.45, 2.75) is 19.6 Å². The zero-order valence-electron chi connectivity index (χ0n) is 15.1. The van der Waals surface area contributed by atoms with E-state index in [1.807, 2.05) is 18.2 Å². The van der Waals surface area contributed by atoms with Crippen molar-refractivity contribution in [3.05, 3.63) is 77.4 Å². The van der Waals surface area contributed by atoms with Gasteiger partial charge in [-0.25, -0.2) is 0 Å². The highest BCUT2D eigenvalue weighted by Crippen LogP contribution is 2.21. The number of carbonyl (C=O) groups is 2. The minimum Gasteiger partial charge on any atom is -0.507 e. The van der Waals surface area contributed by atoms with Gasteiger partial charge in [0.05, 0.1) is 36.6 Å². The molecular weight excluding hydrogens is 358 g/mol. The van der Waals surface area contributed by atoms with Gasteiger partial charge in [-0.2, -0.15) is 5.10 Å². The summed E-state index contributed by atoms with van der Waals surface area (Å²) in [5.41, 5.74) is 2.11. The SMILES string of the molecule is O=C(NCc1ccccn1)c1cc2n(n1)CCN(C(=O)c1ccccc1O)C2. The molecule has 0 bridgehead atoms. The van der Waals surface area contributed by atoms with Gasteiger partial charge in [0.15, 0.2) is 5.69 Å². The lowest BCUT2D eigenvalue weighted by Crippen LogP contribution is -2.38. The minimum absolute atomic E-state index is 0.0406. The van der Waals surface area contributed by atoms with E-state index in [1.54, 1.807) is 40.0 Å². The van der Waals surface area contributed by atoms with E-state index >= 15 is 0 Å². The number of rotatable bonds is 4. The zero-order chi connectivity index (χ0) is 19.5. The number of pyridine rings is 1. The van der Waals surface area contributed by atoms with E-state index in [2.05, 4.69) is 15.4 Å². The van der Waals surface area contributed by atoms with Gasteiger partial charge in [0.1, 0.15) is 5.75 Å². The van der Waals surface area contributed by atoms with Crippen molar-refractivity contribution in [1.82, 2.24) is 25.0 Å². The fourth-order valence-corrected chi connectivity index (χ4v) is 3.14. The van der Waals surface area contributed by atoms with Crippen LogP contribution in [-0.2, 0) is 19.6 Å².